The molecule has 0 unspecified atom stereocenters. The van der Waals surface area contributed by atoms with Crippen molar-refractivity contribution < 1.29 is 32.2 Å². The predicted molar refractivity (Wildman–Crippen MR) is 70.8 cm³/mol. The third-order valence-corrected chi connectivity index (χ3v) is 5.03. The zero-order valence-corrected chi connectivity index (χ0v) is 12.4. The maximum absolute atomic E-state index is 11.7. The van der Waals surface area contributed by atoms with Crippen LogP contribution in [0.5, 0.6) is 0 Å². The van der Waals surface area contributed by atoms with Crippen molar-refractivity contribution in [2.75, 3.05) is 31.3 Å². The molecular formula is C12H17NO7S. The lowest BCUT2D eigenvalue weighted by Crippen LogP contribution is -2.48. The molecule has 118 valence electrons. The number of ether oxygens (including phenoxy) is 3. The van der Waals surface area contributed by atoms with E-state index in [1.807, 2.05) is 0 Å². The molecule has 0 aliphatic carbocycles. The van der Waals surface area contributed by atoms with E-state index < -0.39 is 33.9 Å². The van der Waals surface area contributed by atoms with Gasteiger partial charge in [0.25, 0.3) is 5.91 Å². The topological polar surface area (TPSA) is 108 Å². The number of carbonyl (C=O) groups excluding carboxylic acids is 2. The minimum absolute atomic E-state index is 0.0433. The maximum Gasteiger partial charge on any atom is 0.377 e. The van der Waals surface area contributed by atoms with Crippen molar-refractivity contribution in [3.63, 3.8) is 0 Å². The summed E-state index contributed by atoms with van der Waals surface area (Å²) < 4.78 is 37.5. The van der Waals surface area contributed by atoms with E-state index in [9.17, 15) is 18.0 Å². The second-order valence-electron chi connectivity index (χ2n) is 5.23. The van der Waals surface area contributed by atoms with E-state index in [2.05, 4.69) is 5.32 Å². The van der Waals surface area contributed by atoms with Gasteiger partial charge in [-0.05, 0) is 13.3 Å². The van der Waals surface area contributed by atoms with Crippen molar-refractivity contribution >= 4 is 21.7 Å². The molecule has 1 N–H and O–H groups in total. The van der Waals surface area contributed by atoms with Gasteiger partial charge in [0.15, 0.2) is 16.4 Å². The number of carbonyl (C=O) groups is 2. The van der Waals surface area contributed by atoms with Crippen LogP contribution in [0.4, 0.5) is 0 Å². The summed E-state index contributed by atoms with van der Waals surface area (Å²) in [7, 11) is -3.12. The van der Waals surface area contributed by atoms with Crippen molar-refractivity contribution in [3.05, 3.63) is 12.0 Å². The van der Waals surface area contributed by atoms with Crippen LogP contribution >= 0.6 is 0 Å². The van der Waals surface area contributed by atoms with Crippen molar-refractivity contribution in [1.82, 2.24) is 5.32 Å². The molecule has 0 aromatic rings. The van der Waals surface area contributed by atoms with Gasteiger partial charge < -0.3 is 19.5 Å². The van der Waals surface area contributed by atoms with Crippen molar-refractivity contribution in [2.24, 2.45) is 0 Å². The highest BCUT2D eigenvalue weighted by molar-refractivity contribution is 7.91. The molecule has 8 nitrogen and oxygen atoms in total. The molecule has 0 aromatic carbocycles. The molecule has 1 amide bonds. The summed E-state index contributed by atoms with van der Waals surface area (Å²) in [6.07, 6.45) is 1.48. The zero-order chi connectivity index (χ0) is 15.5. The first-order valence-corrected chi connectivity index (χ1v) is 8.25. The summed E-state index contributed by atoms with van der Waals surface area (Å²) in [6, 6.07) is 0. The lowest BCUT2D eigenvalue weighted by atomic mass is 10.0. The Morgan fingerprint density at radius 1 is 1.43 bits per heavy atom. The van der Waals surface area contributed by atoms with E-state index in [1.54, 1.807) is 6.92 Å². The normalized spacial score (nSPS) is 27.0. The minimum Gasteiger partial charge on any atom is -0.493 e. The zero-order valence-electron chi connectivity index (χ0n) is 11.6. The number of sulfone groups is 1. The average Bonchev–Trinajstić information content (AvgIpc) is 2.70. The molecule has 21 heavy (non-hydrogen) atoms. The van der Waals surface area contributed by atoms with Crippen molar-refractivity contribution in [3.8, 4) is 0 Å². The van der Waals surface area contributed by atoms with Crippen molar-refractivity contribution in [2.45, 2.75) is 18.9 Å². The fourth-order valence-corrected chi connectivity index (χ4v) is 4.25. The average molecular weight is 319 g/mol. The number of esters is 1. The van der Waals surface area contributed by atoms with Crippen LogP contribution in [0, 0.1) is 0 Å². The Morgan fingerprint density at radius 3 is 2.76 bits per heavy atom. The Balaban J connectivity index is 1.80. The monoisotopic (exact) mass is 319 g/mol. The summed E-state index contributed by atoms with van der Waals surface area (Å²) in [4.78, 5) is 23.3. The van der Waals surface area contributed by atoms with Crippen LogP contribution in [-0.4, -0.2) is 57.2 Å². The molecule has 1 saturated heterocycles. The predicted octanol–water partition coefficient (Wildman–Crippen LogP) is -0.889. The van der Waals surface area contributed by atoms with Gasteiger partial charge in [0, 0.05) is 0 Å². The maximum atomic E-state index is 11.7. The second kappa shape index (κ2) is 5.92. The summed E-state index contributed by atoms with van der Waals surface area (Å²) in [5, 5.41) is 2.58. The second-order valence-corrected chi connectivity index (χ2v) is 7.41. The Labute approximate surface area is 122 Å². The van der Waals surface area contributed by atoms with Gasteiger partial charge in [-0.2, -0.15) is 0 Å². The number of amides is 1. The van der Waals surface area contributed by atoms with Crippen LogP contribution in [0.1, 0.15) is 13.3 Å². The molecule has 1 fully saturated rings. The highest BCUT2D eigenvalue weighted by Gasteiger charge is 2.39. The number of hydrogen-bond acceptors (Lipinski definition) is 7. The van der Waals surface area contributed by atoms with Gasteiger partial charge in [0.2, 0.25) is 5.76 Å². The van der Waals surface area contributed by atoms with Gasteiger partial charge in [0.1, 0.15) is 19.5 Å². The van der Waals surface area contributed by atoms with Gasteiger partial charge in [0.05, 0.1) is 17.0 Å². The summed E-state index contributed by atoms with van der Waals surface area (Å²) in [5.41, 5.74) is -0.813. The van der Waals surface area contributed by atoms with Gasteiger partial charge in [-0.25, -0.2) is 13.2 Å². The van der Waals surface area contributed by atoms with E-state index >= 15 is 0 Å². The largest absolute Gasteiger partial charge is 0.493 e. The van der Waals surface area contributed by atoms with Crippen LogP contribution < -0.4 is 5.32 Å². The summed E-state index contributed by atoms with van der Waals surface area (Å²) in [5.74, 6) is -1.51. The molecule has 0 radical (unpaired) electrons. The molecule has 2 aliphatic rings. The molecule has 9 heteroatoms. The first-order valence-electron chi connectivity index (χ1n) is 6.43. The van der Waals surface area contributed by atoms with E-state index in [0.29, 0.717) is 13.0 Å². The fourth-order valence-electron chi connectivity index (χ4n) is 2.16. The first kappa shape index (κ1) is 15.6. The smallest absolute Gasteiger partial charge is 0.377 e. The Kier molecular flexibility index (Phi) is 4.40. The molecule has 2 rings (SSSR count). The van der Waals surface area contributed by atoms with E-state index in [-0.39, 0.29) is 23.9 Å². The SMILES string of the molecule is C[C@]1(NC(=O)COC(=O)C2=COCCO2)CCS(=O)(=O)C1. The van der Waals surface area contributed by atoms with Gasteiger partial charge >= 0.3 is 5.97 Å². The molecule has 0 bridgehead atoms. The summed E-state index contributed by atoms with van der Waals surface area (Å²) in [6.45, 7) is 1.74. The first-order chi connectivity index (χ1) is 9.80. The minimum atomic E-state index is -3.12. The lowest BCUT2D eigenvalue weighted by Gasteiger charge is -2.23. The van der Waals surface area contributed by atoms with Crippen LogP contribution in [0.25, 0.3) is 0 Å². The molecule has 1 atom stereocenters. The van der Waals surface area contributed by atoms with Crippen LogP contribution in [0.3, 0.4) is 0 Å². The molecule has 0 spiro atoms. The van der Waals surface area contributed by atoms with Crippen LogP contribution in [0.2, 0.25) is 0 Å². The fraction of sp³-hybridized carbons (Fsp3) is 0.667. The Morgan fingerprint density at radius 2 is 2.19 bits per heavy atom. The highest BCUT2D eigenvalue weighted by atomic mass is 32.2. The molecule has 0 aromatic heterocycles. The van der Waals surface area contributed by atoms with Crippen molar-refractivity contribution in [1.29, 1.82) is 0 Å². The number of hydrogen-bond donors (Lipinski definition) is 1. The Bertz CT molecular complexity index is 568. The number of rotatable bonds is 4. The van der Waals surface area contributed by atoms with Gasteiger partial charge in [-0.15, -0.1) is 0 Å². The van der Waals surface area contributed by atoms with E-state index in [1.165, 1.54) is 0 Å². The van der Waals surface area contributed by atoms with E-state index in [4.69, 9.17) is 14.2 Å². The van der Waals surface area contributed by atoms with Gasteiger partial charge in [-0.3, -0.25) is 4.79 Å². The quantitative estimate of drug-likeness (QED) is 0.670. The van der Waals surface area contributed by atoms with Crippen LogP contribution in [-0.2, 0) is 33.6 Å². The molecular weight excluding hydrogens is 302 g/mol. The van der Waals surface area contributed by atoms with Crippen LogP contribution in [0.15, 0.2) is 12.0 Å². The van der Waals surface area contributed by atoms with E-state index in [0.717, 1.165) is 6.26 Å². The lowest BCUT2D eigenvalue weighted by molar-refractivity contribution is -0.149. The third-order valence-electron chi connectivity index (χ3n) is 3.13. The molecule has 0 saturated carbocycles. The summed E-state index contributed by atoms with van der Waals surface area (Å²) >= 11 is 0. The standard InChI is InChI=1S/C12H17NO7S/c1-12(2-5-21(16,17)8-12)13-10(14)7-20-11(15)9-6-18-3-4-19-9/h6H,2-5,7-8H2,1H3,(H,13,14)/t12-/m0/s1. The molecule has 2 aliphatic heterocycles. The van der Waals surface area contributed by atoms with Gasteiger partial charge in [-0.1, -0.05) is 0 Å². The molecule has 2 heterocycles. The number of nitrogens with one attached hydrogen (secondary N) is 1. The Hall–Kier alpha value is -1.77. The highest BCUT2D eigenvalue weighted by Crippen LogP contribution is 2.22. The third kappa shape index (κ3) is 4.35.